The highest BCUT2D eigenvalue weighted by Crippen LogP contribution is 2.29. The highest BCUT2D eigenvalue weighted by Gasteiger charge is 2.32. The Morgan fingerprint density at radius 3 is 2.43 bits per heavy atom. The molecule has 118 valence electrons. The zero-order chi connectivity index (χ0) is 15.8. The van der Waals surface area contributed by atoms with Crippen LogP contribution in [0.15, 0.2) is 17.0 Å². The first-order chi connectivity index (χ1) is 9.77. The van der Waals surface area contributed by atoms with Gasteiger partial charge in [0.1, 0.15) is 0 Å². The van der Waals surface area contributed by atoms with Crippen LogP contribution in [0, 0.1) is 25.7 Å². The van der Waals surface area contributed by atoms with Crippen LogP contribution in [0.5, 0.6) is 0 Å². The average Bonchev–Trinajstić information content (AvgIpc) is 2.41. The van der Waals surface area contributed by atoms with E-state index in [1.807, 2.05) is 19.9 Å². The van der Waals surface area contributed by atoms with Crippen LogP contribution in [0.4, 0.5) is 0 Å². The van der Waals surface area contributed by atoms with Crippen molar-refractivity contribution in [3.05, 3.63) is 28.8 Å². The van der Waals surface area contributed by atoms with Gasteiger partial charge in [-0.1, -0.05) is 19.9 Å². The second-order valence-electron chi connectivity index (χ2n) is 6.31. The van der Waals surface area contributed by atoms with Crippen LogP contribution in [0.3, 0.4) is 0 Å². The summed E-state index contributed by atoms with van der Waals surface area (Å²) in [6.07, 6.45) is 0.901. The van der Waals surface area contributed by atoms with Crippen molar-refractivity contribution >= 4 is 10.0 Å². The van der Waals surface area contributed by atoms with Gasteiger partial charge >= 0.3 is 0 Å². The standard InChI is InChI=1S/C16H25NO3S/c1-11-5-6-17(9-14(11)4)21(19,20)16-8-15(10-18)12(2)7-13(16)3/h7-8,11,14,18H,5-6,9-10H2,1-4H3. The van der Waals surface area contributed by atoms with E-state index in [4.69, 9.17) is 0 Å². The van der Waals surface area contributed by atoms with E-state index >= 15 is 0 Å². The van der Waals surface area contributed by atoms with Crippen molar-refractivity contribution in [1.82, 2.24) is 4.31 Å². The topological polar surface area (TPSA) is 57.6 Å². The molecule has 0 radical (unpaired) electrons. The largest absolute Gasteiger partial charge is 0.392 e. The Hall–Kier alpha value is -0.910. The molecular weight excluding hydrogens is 286 g/mol. The molecule has 4 nitrogen and oxygen atoms in total. The molecule has 1 heterocycles. The minimum atomic E-state index is -3.48. The minimum absolute atomic E-state index is 0.137. The molecule has 2 rings (SSSR count). The van der Waals surface area contributed by atoms with E-state index in [9.17, 15) is 13.5 Å². The van der Waals surface area contributed by atoms with Gasteiger partial charge in [-0.25, -0.2) is 8.42 Å². The number of aryl methyl sites for hydroxylation is 2. The van der Waals surface area contributed by atoms with Crippen LogP contribution in [0.1, 0.15) is 37.0 Å². The molecular formula is C16H25NO3S. The fourth-order valence-electron chi connectivity index (χ4n) is 2.90. The van der Waals surface area contributed by atoms with Gasteiger partial charge in [0.15, 0.2) is 0 Å². The molecule has 1 aliphatic rings. The smallest absolute Gasteiger partial charge is 0.243 e. The van der Waals surface area contributed by atoms with Gasteiger partial charge in [0.05, 0.1) is 11.5 Å². The predicted octanol–water partition coefficient (Wildman–Crippen LogP) is 2.46. The summed E-state index contributed by atoms with van der Waals surface area (Å²) >= 11 is 0. The van der Waals surface area contributed by atoms with Crippen molar-refractivity contribution in [2.45, 2.75) is 45.6 Å². The number of hydrogen-bond acceptors (Lipinski definition) is 3. The molecule has 2 unspecified atom stereocenters. The van der Waals surface area contributed by atoms with Gasteiger partial charge in [0, 0.05) is 13.1 Å². The molecule has 1 fully saturated rings. The van der Waals surface area contributed by atoms with Crippen LogP contribution < -0.4 is 0 Å². The number of aliphatic hydroxyl groups is 1. The molecule has 1 N–H and O–H groups in total. The van der Waals surface area contributed by atoms with Gasteiger partial charge in [0.25, 0.3) is 0 Å². The van der Waals surface area contributed by atoms with E-state index in [-0.39, 0.29) is 6.61 Å². The van der Waals surface area contributed by atoms with Gasteiger partial charge < -0.3 is 5.11 Å². The maximum Gasteiger partial charge on any atom is 0.243 e. The SMILES string of the molecule is Cc1cc(C)c(S(=O)(=O)N2CCC(C)C(C)C2)cc1CO. The number of rotatable bonds is 3. The first-order valence-electron chi connectivity index (χ1n) is 7.48. The lowest BCUT2D eigenvalue weighted by molar-refractivity contribution is 0.212. The summed E-state index contributed by atoms with van der Waals surface area (Å²) in [6.45, 7) is 9.00. The molecule has 0 aromatic heterocycles. The number of nitrogens with zero attached hydrogens (tertiary/aromatic N) is 1. The number of hydrogen-bond donors (Lipinski definition) is 1. The highest BCUT2D eigenvalue weighted by molar-refractivity contribution is 7.89. The Balaban J connectivity index is 2.40. The normalized spacial score (nSPS) is 24.2. The molecule has 1 saturated heterocycles. The predicted molar refractivity (Wildman–Crippen MR) is 83.5 cm³/mol. The van der Waals surface area contributed by atoms with Crippen LogP contribution in [0.2, 0.25) is 0 Å². The maximum absolute atomic E-state index is 12.9. The summed E-state index contributed by atoms with van der Waals surface area (Å²) in [5.41, 5.74) is 2.35. The molecule has 0 aliphatic carbocycles. The lowest BCUT2D eigenvalue weighted by Gasteiger charge is -2.34. The fraction of sp³-hybridized carbons (Fsp3) is 0.625. The van der Waals surface area contributed by atoms with Crippen molar-refractivity contribution in [1.29, 1.82) is 0 Å². The van der Waals surface area contributed by atoms with Gasteiger partial charge in [-0.15, -0.1) is 0 Å². The summed E-state index contributed by atoms with van der Waals surface area (Å²) in [5.74, 6) is 0.931. The van der Waals surface area contributed by atoms with Crippen molar-refractivity contribution in [3.8, 4) is 0 Å². The van der Waals surface area contributed by atoms with E-state index in [1.54, 1.807) is 10.4 Å². The van der Waals surface area contributed by atoms with Crippen molar-refractivity contribution in [2.75, 3.05) is 13.1 Å². The van der Waals surface area contributed by atoms with Crippen molar-refractivity contribution in [2.24, 2.45) is 11.8 Å². The van der Waals surface area contributed by atoms with Crippen LogP contribution in [-0.2, 0) is 16.6 Å². The first-order valence-corrected chi connectivity index (χ1v) is 8.92. The first kappa shape index (κ1) is 16.5. The lowest BCUT2D eigenvalue weighted by Crippen LogP contribution is -2.42. The van der Waals surface area contributed by atoms with E-state index in [2.05, 4.69) is 13.8 Å². The van der Waals surface area contributed by atoms with Crippen LogP contribution in [-0.4, -0.2) is 30.9 Å². The Kier molecular flexibility index (Phi) is 4.76. The molecule has 21 heavy (non-hydrogen) atoms. The number of piperidine rings is 1. The van der Waals surface area contributed by atoms with Crippen LogP contribution in [0.25, 0.3) is 0 Å². The molecule has 1 aromatic rings. The molecule has 5 heteroatoms. The van der Waals surface area contributed by atoms with Gasteiger partial charge in [-0.3, -0.25) is 0 Å². The lowest BCUT2D eigenvalue weighted by atomic mass is 9.90. The van der Waals surface area contributed by atoms with E-state index in [0.29, 0.717) is 35.4 Å². The summed E-state index contributed by atoms with van der Waals surface area (Å²) in [6, 6.07) is 3.47. The third kappa shape index (κ3) is 3.15. The Morgan fingerprint density at radius 1 is 1.19 bits per heavy atom. The molecule has 0 spiro atoms. The van der Waals surface area contributed by atoms with Crippen LogP contribution >= 0.6 is 0 Å². The second-order valence-corrected chi connectivity index (χ2v) is 8.21. The molecule has 0 amide bonds. The fourth-order valence-corrected chi connectivity index (χ4v) is 4.72. The third-order valence-corrected chi connectivity index (χ3v) is 6.73. The van der Waals surface area contributed by atoms with E-state index in [1.165, 1.54) is 0 Å². The number of benzene rings is 1. The van der Waals surface area contributed by atoms with Crippen molar-refractivity contribution in [3.63, 3.8) is 0 Å². The quantitative estimate of drug-likeness (QED) is 0.933. The van der Waals surface area contributed by atoms with Gasteiger partial charge in [0.2, 0.25) is 10.0 Å². The Labute approximate surface area is 127 Å². The summed E-state index contributed by atoms with van der Waals surface area (Å²) in [7, 11) is -3.48. The molecule has 0 saturated carbocycles. The monoisotopic (exact) mass is 311 g/mol. The number of aliphatic hydroxyl groups excluding tert-OH is 1. The second kappa shape index (κ2) is 6.07. The average molecular weight is 311 g/mol. The maximum atomic E-state index is 12.9. The van der Waals surface area contributed by atoms with E-state index < -0.39 is 10.0 Å². The highest BCUT2D eigenvalue weighted by atomic mass is 32.2. The Bertz CT molecular complexity index is 625. The van der Waals surface area contributed by atoms with E-state index in [0.717, 1.165) is 17.5 Å². The zero-order valence-corrected chi connectivity index (χ0v) is 14.1. The molecule has 2 atom stereocenters. The van der Waals surface area contributed by atoms with Crippen molar-refractivity contribution < 1.29 is 13.5 Å². The van der Waals surface area contributed by atoms with Gasteiger partial charge in [-0.05, 0) is 54.9 Å². The summed E-state index contributed by atoms with van der Waals surface area (Å²) in [4.78, 5) is 0.332. The Morgan fingerprint density at radius 2 is 1.86 bits per heavy atom. The van der Waals surface area contributed by atoms with Gasteiger partial charge in [-0.2, -0.15) is 4.31 Å². The molecule has 0 bridgehead atoms. The molecule has 1 aliphatic heterocycles. The third-order valence-electron chi connectivity index (χ3n) is 4.72. The number of sulfonamides is 1. The summed E-state index contributed by atoms with van der Waals surface area (Å²) in [5, 5.41) is 9.38. The summed E-state index contributed by atoms with van der Waals surface area (Å²) < 4.78 is 27.4. The minimum Gasteiger partial charge on any atom is -0.392 e. The molecule has 1 aromatic carbocycles. The zero-order valence-electron chi connectivity index (χ0n) is 13.3.